The predicted molar refractivity (Wildman–Crippen MR) is 61.6 cm³/mol. The lowest BCUT2D eigenvalue weighted by Gasteiger charge is -2.32. The topological polar surface area (TPSA) is 66.6 Å². The largest absolute Gasteiger partial charge is 0.329 e. The summed E-state index contributed by atoms with van der Waals surface area (Å²) in [6, 6.07) is 0. The van der Waals surface area contributed by atoms with Crippen molar-refractivity contribution in [3.63, 3.8) is 0 Å². The van der Waals surface area contributed by atoms with Crippen LogP contribution in [0.15, 0.2) is 0 Å². The number of hydrogen-bond acceptors (Lipinski definition) is 5. The van der Waals surface area contributed by atoms with E-state index in [2.05, 4.69) is 9.80 Å². The Morgan fingerprint density at radius 2 is 2.13 bits per heavy atom. The van der Waals surface area contributed by atoms with Crippen LogP contribution in [0.3, 0.4) is 0 Å². The van der Waals surface area contributed by atoms with E-state index in [4.69, 9.17) is 5.73 Å². The van der Waals surface area contributed by atoms with Crippen molar-refractivity contribution in [3.05, 3.63) is 0 Å². The highest BCUT2D eigenvalue weighted by molar-refractivity contribution is 7.92. The fourth-order valence-electron chi connectivity index (χ4n) is 1.68. The molecule has 1 atom stereocenters. The van der Waals surface area contributed by atoms with Crippen LogP contribution in [-0.2, 0) is 9.84 Å². The molecule has 0 aromatic carbocycles. The normalized spacial score (nSPS) is 27.1. The number of hydrogen-bond donors (Lipinski definition) is 1. The molecule has 6 heteroatoms. The molecule has 0 saturated carbocycles. The predicted octanol–water partition coefficient (Wildman–Crippen LogP) is -1.39. The van der Waals surface area contributed by atoms with Crippen molar-refractivity contribution in [1.82, 2.24) is 9.80 Å². The van der Waals surface area contributed by atoms with Gasteiger partial charge in [-0.1, -0.05) is 0 Å². The first-order valence-corrected chi connectivity index (χ1v) is 6.96. The molecular formula is C9H21N3O2S. The summed E-state index contributed by atoms with van der Waals surface area (Å²) >= 11 is 0. The molecule has 15 heavy (non-hydrogen) atoms. The van der Waals surface area contributed by atoms with Gasteiger partial charge in [-0.15, -0.1) is 0 Å². The Morgan fingerprint density at radius 3 is 2.67 bits per heavy atom. The zero-order valence-corrected chi connectivity index (χ0v) is 10.3. The van der Waals surface area contributed by atoms with Gasteiger partial charge in [-0.2, -0.15) is 0 Å². The maximum Gasteiger partial charge on any atom is 0.156 e. The van der Waals surface area contributed by atoms with E-state index < -0.39 is 9.84 Å². The molecule has 1 unspecified atom stereocenters. The zero-order chi connectivity index (χ0) is 11.5. The van der Waals surface area contributed by atoms with Gasteiger partial charge in [-0.3, -0.25) is 4.90 Å². The molecular weight excluding hydrogens is 214 g/mol. The van der Waals surface area contributed by atoms with Crippen molar-refractivity contribution < 1.29 is 8.42 Å². The quantitative estimate of drug-likeness (QED) is 0.649. The minimum absolute atomic E-state index is 0.237. The van der Waals surface area contributed by atoms with Crippen molar-refractivity contribution in [2.24, 2.45) is 5.73 Å². The molecule has 0 radical (unpaired) electrons. The van der Waals surface area contributed by atoms with Crippen LogP contribution < -0.4 is 5.73 Å². The second-order valence-electron chi connectivity index (χ2n) is 4.33. The average molecular weight is 235 g/mol. The van der Waals surface area contributed by atoms with Gasteiger partial charge in [0.15, 0.2) is 9.84 Å². The van der Waals surface area contributed by atoms with E-state index in [-0.39, 0.29) is 17.5 Å². The lowest BCUT2D eigenvalue weighted by Crippen LogP contribution is -2.51. The van der Waals surface area contributed by atoms with Crippen LogP contribution in [0.1, 0.15) is 0 Å². The van der Waals surface area contributed by atoms with E-state index in [0.717, 1.165) is 13.1 Å². The molecule has 0 amide bonds. The number of sulfone groups is 1. The monoisotopic (exact) mass is 235 g/mol. The fourth-order valence-corrected chi connectivity index (χ4v) is 3.26. The van der Waals surface area contributed by atoms with Crippen molar-refractivity contribution in [1.29, 1.82) is 0 Å². The molecule has 1 saturated heterocycles. The summed E-state index contributed by atoms with van der Waals surface area (Å²) in [6.45, 7) is 3.34. The van der Waals surface area contributed by atoms with Crippen LogP contribution in [0.4, 0.5) is 0 Å². The van der Waals surface area contributed by atoms with Gasteiger partial charge in [0.2, 0.25) is 0 Å². The second-order valence-corrected chi connectivity index (χ2v) is 6.73. The van der Waals surface area contributed by atoms with Gasteiger partial charge in [-0.25, -0.2) is 8.42 Å². The zero-order valence-electron chi connectivity index (χ0n) is 9.52. The minimum atomic E-state index is -2.93. The molecule has 90 valence electrons. The summed E-state index contributed by atoms with van der Waals surface area (Å²) in [5.41, 5.74) is 5.48. The van der Waals surface area contributed by atoms with Crippen LogP contribution in [0.25, 0.3) is 0 Å². The van der Waals surface area contributed by atoms with E-state index in [0.29, 0.717) is 13.1 Å². The lowest BCUT2D eigenvalue weighted by molar-refractivity contribution is 0.242. The Hall–Kier alpha value is -0.170. The molecule has 1 aliphatic rings. The summed E-state index contributed by atoms with van der Waals surface area (Å²) in [5, 5.41) is -0.367. The number of rotatable bonds is 4. The van der Waals surface area contributed by atoms with E-state index in [9.17, 15) is 8.42 Å². The highest BCUT2D eigenvalue weighted by Gasteiger charge is 2.31. The SMILES string of the molecule is CN(C)CCN1CCS(=O)(=O)C(CN)C1. The number of likely N-dealkylation sites (N-methyl/N-ethyl adjacent to an activating group) is 1. The Morgan fingerprint density at radius 1 is 1.47 bits per heavy atom. The molecule has 0 spiro atoms. The number of nitrogens with zero attached hydrogens (tertiary/aromatic N) is 2. The molecule has 1 heterocycles. The summed E-state index contributed by atoms with van der Waals surface area (Å²) in [4.78, 5) is 4.28. The molecule has 2 N–H and O–H groups in total. The Bertz CT molecular complexity index is 290. The summed E-state index contributed by atoms with van der Waals surface area (Å²) in [6.07, 6.45) is 0. The van der Waals surface area contributed by atoms with Crippen molar-refractivity contribution in [2.45, 2.75) is 5.25 Å². The Kier molecular flexibility index (Phi) is 4.51. The first kappa shape index (κ1) is 12.9. The molecule has 0 aromatic rings. The first-order valence-electron chi connectivity index (χ1n) is 5.24. The third-order valence-electron chi connectivity index (χ3n) is 2.79. The molecule has 1 fully saturated rings. The van der Waals surface area contributed by atoms with Gasteiger partial charge in [0.25, 0.3) is 0 Å². The maximum absolute atomic E-state index is 11.6. The van der Waals surface area contributed by atoms with Crippen molar-refractivity contribution in [2.75, 3.05) is 52.6 Å². The van der Waals surface area contributed by atoms with Crippen LogP contribution in [0.5, 0.6) is 0 Å². The van der Waals surface area contributed by atoms with E-state index >= 15 is 0 Å². The molecule has 0 aromatic heterocycles. The third kappa shape index (κ3) is 3.71. The van der Waals surface area contributed by atoms with Gasteiger partial charge in [0.1, 0.15) is 0 Å². The summed E-state index contributed by atoms with van der Waals surface area (Å²) < 4.78 is 23.2. The van der Waals surface area contributed by atoms with Gasteiger partial charge in [0, 0.05) is 32.7 Å². The molecule has 0 bridgehead atoms. The maximum atomic E-state index is 11.6. The van der Waals surface area contributed by atoms with Crippen LogP contribution in [0.2, 0.25) is 0 Å². The Balaban J connectivity index is 2.47. The third-order valence-corrected chi connectivity index (χ3v) is 4.90. The summed E-state index contributed by atoms with van der Waals surface area (Å²) in [7, 11) is 1.10. The highest BCUT2D eigenvalue weighted by Crippen LogP contribution is 2.11. The molecule has 0 aliphatic carbocycles. The van der Waals surface area contributed by atoms with E-state index in [1.807, 2.05) is 14.1 Å². The number of nitrogens with two attached hydrogens (primary N) is 1. The average Bonchev–Trinajstić information content (AvgIpc) is 2.15. The molecule has 5 nitrogen and oxygen atoms in total. The van der Waals surface area contributed by atoms with Crippen LogP contribution in [0, 0.1) is 0 Å². The molecule has 1 rings (SSSR count). The molecule has 1 aliphatic heterocycles. The van der Waals surface area contributed by atoms with Gasteiger partial charge >= 0.3 is 0 Å². The van der Waals surface area contributed by atoms with Crippen LogP contribution >= 0.6 is 0 Å². The smallest absolute Gasteiger partial charge is 0.156 e. The second kappa shape index (κ2) is 5.25. The fraction of sp³-hybridized carbons (Fsp3) is 1.00. The van der Waals surface area contributed by atoms with Gasteiger partial charge in [0.05, 0.1) is 11.0 Å². The highest BCUT2D eigenvalue weighted by atomic mass is 32.2. The minimum Gasteiger partial charge on any atom is -0.329 e. The Labute approximate surface area is 92.1 Å². The van der Waals surface area contributed by atoms with Gasteiger partial charge in [-0.05, 0) is 14.1 Å². The van der Waals surface area contributed by atoms with E-state index in [1.54, 1.807) is 0 Å². The van der Waals surface area contributed by atoms with Crippen molar-refractivity contribution in [3.8, 4) is 0 Å². The first-order chi connectivity index (χ1) is 6.95. The van der Waals surface area contributed by atoms with Crippen LogP contribution in [-0.4, -0.2) is 76.0 Å². The van der Waals surface area contributed by atoms with E-state index in [1.165, 1.54) is 0 Å². The van der Waals surface area contributed by atoms with Gasteiger partial charge < -0.3 is 10.6 Å². The standard InChI is InChI=1S/C9H21N3O2S/c1-11(2)3-4-12-5-6-15(13,14)9(7-10)8-12/h9H,3-8,10H2,1-2H3. The van der Waals surface area contributed by atoms with Crippen molar-refractivity contribution >= 4 is 9.84 Å². The lowest BCUT2D eigenvalue weighted by atomic mass is 10.3. The summed E-state index contributed by atoms with van der Waals surface area (Å²) in [5.74, 6) is 0.252.